The molecular weight excluding hydrogens is 437 g/mol. The zero-order valence-electron chi connectivity index (χ0n) is 18.8. The number of hydrogen-bond donors (Lipinski definition) is 0. The lowest BCUT2D eigenvalue weighted by Crippen LogP contribution is -2.48. The van der Waals surface area contributed by atoms with Gasteiger partial charge in [-0.3, -0.25) is 4.79 Å². The molecule has 0 spiro atoms. The number of pyridine rings is 1. The number of aromatic nitrogens is 5. The first kappa shape index (κ1) is 20.8. The number of hydrogen-bond acceptors (Lipinski definition) is 7. The minimum Gasteiger partial charge on any atom is -0.422 e. The van der Waals surface area contributed by atoms with Crippen molar-refractivity contribution in [3.05, 3.63) is 53.9 Å². The highest BCUT2D eigenvalue weighted by Gasteiger charge is 2.43. The Morgan fingerprint density at radius 3 is 2.56 bits per heavy atom. The minimum absolute atomic E-state index is 0.0159. The van der Waals surface area contributed by atoms with Crippen molar-refractivity contribution in [2.75, 3.05) is 31.1 Å². The number of piperazine rings is 1. The van der Waals surface area contributed by atoms with Crippen LogP contribution in [0.5, 0.6) is 0 Å². The van der Waals surface area contributed by atoms with Gasteiger partial charge in [0.15, 0.2) is 5.58 Å². The van der Waals surface area contributed by atoms with Crippen LogP contribution in [0.15, 0.2) is 47.0 Å². The standard InChI is InChI=1S/C24H24FN7O2/c1-16-2-7-20-21(26-16)27-23(34-20)31-12-10-30(11-13-31)22(33)18-5-3-17(4-6-18)19-14-32(29-28-19)15-24(25)8-9-24/h2-7,14H,8-13,15H2,1H3. The number of oxazole rings is 1. The molecular formula is C24H24FN7O2. The van der Waals surface area contributed by atoms with Gasteiger partial charge in [-0.1, -0.05) is 17.3 Å². The summed E-state index contributed by atoms with van der Waals surface area (Å²) in [6, 6.07) is 11.6. The summed E-state index contributed by atoms with van der Waals surface area (Å²) in [4.78, 5) is 25.8. The Kier molecular flexibility index (Phi) is 4.82. The lowest BCUT2D eigenvalue weighted by atomic mass is 10.1. The highest BCUT2D eigenvalue weighted by molar-refractivity contribution is 5.94. The van der Waals surface area contributed by atoms with E-state index in [-0.39, 0.29) is 12.5 Å². The Labute approximate surface area is 195 Å². The molecule has 0 bridgehead atoms. The lowest BCUT2D eigenvalue weighted by molar-refractivity contribution is 0.0745. The third-order valence-corrected chi connectivity index (χ3v) is 6.42. The van der Waals surface area contributed by atoms with E-state index in [2.05, 4.69) is 20.3 Å². The summed E-state index contributed by atoms with van der Waals surface area (Å²) < 4.78 is 21.4. The van der Waals surface area contributed by atoms with E-state index in [0.29, 0.717) is 67.5 Å². The molecule has 0 unspecified atom stereocenters. The van der Waals surface area contributed by atoms with E-state index in [9.17, 15) is 9.18 Å². The van der Waals surface area contributed by atoms with Crippen LogP contribution in [0.2, 0.25) is 0 Å². The first-order valence-electron chi connectivity index (χ1n) is 11.4. The largest absolute Gasteiger partial charge is 0.422 e. The number of aryl methyl sites for hydroxylation is 1. The molecule has 1 aliphatic heterocycles. The van der Waals surface area contributed by atoms with Gasteiger partial charge in [-0.25, -0.2) is 14.1 Å². The van der Waals surface area contributed by atoms with Crippen LogP contribution in [0, 0.1) is 6.92 Å². The van der Waals surface area contributed by atoms with E-state index in [1.54, 1.807) is 23.0 Å². The van der Waals surface area contributed by atoms with Crippen molar-refractivity contribution in [2.45, 2.75) is 32.0 Å². The van der Waals surface area contributed by atoms with Gasteiger partial charge in [0.2, 0.25) is 5.65 Å². The number of fused-ring (bicyclic) bond motifs is 1. The first-order chi connectivity index (χ1) is 16.5. The molecule has 9 nitrogen and oxygen atoms in total. The van der Waals surface area contributed by atoms with Crippen LogP contribution >= 0.6 is 0 Å². The molecule has 1 aromatic carbocycles. The van der Waals surface area contributed by atoms with E-state index in [1.807, 2.05) is 41.0 Å². The molecule has 0 atom stereocenters. The SMILES string of the molecule is Cc1ccc2oc(N3CCN(C(=O)c4ccc(-c5cn(CC6(F)CC6)nn5)cc4)CC3)nc2n1. The molecule has 3 aromatic heterocycles. The van der Waals surface area contributed by atoms with Crippen LogP contribution in [-0.2, 0) is 6.54 Å². The Morgan fingerprint density at radius 2 is 1.82 bits per heavy atom. The Morgan fingerprint density at radius 1 is 1.06 bits per heavy atom. The molecule has 2 fully saturated rings. The summed E-state index contributed by atoms with van der Waals surface area (Å²) in [5.41, 5.74) is 3.16. The second-order valence-corrected chi connectivity index (χ2v) is 9.08. The zero-order chi connectivity index (χ0) is 23.3. The quantitative estimate of drug-likeness (QED) is 0.450. The summed E-state index contributed by atoms with van der Waals surface area (Å²) in [7, 11) is 0. The van der Waals surface area contributed by atoms with Gasteiger partial charge < -0.3 is 14.2 Å². The molecule has 2 aliphatic rings. The number of alkyl halides is 1. The molecule has 10 heteroatoms. The second kappa shape index (κ2) is 7.89. The summed E-state index contributed by atoms with van der Waals surface area (Å²) >= 11 is 0. The maximum absolute atomic E-state index is 14.0. The van der Waals surface area contributed by atoms with Crippen molar-refractivity contribution in [3.8, 4) is 11.3 Å². The predicted molar refractivity (Wildman–Crippen MR) is 123 cm³/mol. The molecule has 0 radical (unpaired) electrons. The predicted octanol–water partition coefficient (Wildman–Crippen LogP) is 3.25. The maximum Gasteiger partial charge on any atom is 0.300 e. The van der Waals surface area contributed by atoms with Gasteiger partial charge in [0.05, 0.1) is 12.7 Å². The Balaban J connectivity index is 1.09. The first-order valence-corrected chi connectivity index (χ1v) is 11.4. The van der Waals surface area contributed by atoms with E-state index < -0.39 is 5.67 Å². The fourth-order valence-electron chi connectivity index (χ4n) is 4.20. The van der Waals surface area contributed by atoms with E-state index in [4.69, 9.17) is 4.42 Å². The number of benzene rings is 1. The van der Waals surface area contributed by atoms with Gasteiger partial charge in [-0.05, 0) is 44.0 Å². The van der Waals surface area contributed by atoms with Crippen LogP contribution in [0.3, 0.4) is 0 Å². The molecule has 4 aromatic rings. The van der Waals surface area contributed by atoms with E-state index >= 15 is 0 Å². The highest BCUT2D eigenvalue weighted by atomic mass is 19.1. The molecule has 1 saturated heterocycles. The Bertz CT molecular complexity index is 1350. The molecule has 4 heterocycles. The van der Waals surface area contributed by atoms with Gasteiger partial charge in [0, 0.05) is 43.0 Å². The number of halogens is 1. The molecule has 34 heavy (non-hydrogen) atoms. The summed E-state index contributed by atoms with van der Waals surface area (Å²) in [5.74, 6) is -0.0159. The van der Waals surface area contributed by atoms with Crippen molar-refractivity contribution in [2.24, 2.45) is 0 Å². The lowest BCUT2D eigenvalue weighted by Gasteiger charge is -2.33. The van der Waals surface area contributed by atoms with Crippen molar-refractivity contribution in [1.29, 1.82) is 0 Å². The molecule has 0 N–H and O–H groups in total. The Hall–Kier alpha value is -3.82. The number of amides is 1. The molecule has 1 aliphatic carbocycles. The molecule has 1 saturated carbocycles. The van der Waals surface area contributed by atoms with Crippen LogP contribution < -0.4 is 4.90 Å². The number of carbonyl (C=O) groups is 1. The van der Waals surface area contributed by atoms with Crippen LogP contribution in [0.25, 0.3) is 22.5 Å². The highest BCUT2D eigenvalue weighted by Crippen LogP contribution is 2.41. The van der Waals surface area contributed by atoms with Gasteiger partial charge in [-0.2, -0.15) is 4.98 Å². The normalized spacial score (nSPS) is 17.4. The summed E-state index contributed by atoms with van der Waals surface area (Å²) in [6.07, 6.45) is 2.91. The van der Waals surface area contributed by atoms with E-state index in [0.717, 1.165) is 11.3 Å². The topological polar surface area (TPSA) is 93.2 Å². The van der Waals surface area contributed by atoms with Gasteiger partial charge in [0.1, 0.15) is 11.4 Å². The number of rotatable bonds is 5. The van der Waals surface area contributed by atoms with Crippen molar-refractivity contribution in [3.63, 3.8) is 0 Å². The molecule has 6 rings (SSSR count). The fraction of sp³-hybridized carbons (Fsp3) is 0.375. The van der Waals surface area contributed by atoms with Gasteiger partial charge in [0.25, 0.3) is 11.9 Å². The minimum atomic E-state index is -1.12. The van der Waals surface area contributed by atoms with E-state index in [1.165, 1.54) is 0 Å². The van der Waals surface area contributed by atoms with Crippen molar-refractivity contribution in [1.82, 2.24) is 29.9 Å². The van der Waals surface area contributed by atoms with Crippen molar-refractivity contribution >= 4 is 23.2 Å². The van der Waals surface area contributed by atoms with Crippen molar-refractivity contribution < 1.29 is 13.6 Å². The van der Waals surface area contributed by atoms with Crippen LogP contribution in [0.1, 0.15) is 28.9 Å². The number of nitrogens with zero attached hydrogens (tertiary/aromatic N) is 7. The fourth-order valence-corrected chi connectivity index (χ4v) is 4.20. The van der Waals surface area contributed by atoms with Crippen LogP contribution in [-0.4, -0.2) is 67.6 Å². The third kappa shape index (κ3) is 4.00. The summed E-state index contributed by atoms with van der Waals surface area (Å²) in [6.45, 7) is 4.58. The molecule has 1 amide bonds. The van der Waals surface area contributed by atoms with Crippen LogP contribution in [0.4, 0.5) is 10.4 Å². The number of anilines is 1. The second-order valence-electron chi connectivity index (χ2n) is 9.08. The van der Waals surface area contributed by atoms with Gasteiger partial charge >= 0.3 is 0 Å². The number of carbonyl (C=O) groups excluding carboxylic acids is 1. The average Bonchev–Trinajstić information content (AvgIpc) is 3.22. The monoisotopic (exact) mass is 461 g/mol. The third-order valence-electron chi connectivity index (χ3n) is 6.42. The van der Waals surface area contributed by atoms with Gasteiger partial charge in [-0.15, -0.1) is 5.10 Å². The average molecular weight is 462 g/mol. The smallest absolute Gasteiger partial charge is 0.300 e. The zero-order valence-corrected chi connectivity index (χ0v) is 18.8. The summed E-state index contributed by atoms with van der Waals surface area (Å²) in [5, 5.41) is 8.18. The maximum atomic E-state index is 14.0. The molecule has 174 valence electrons.